The highest BCUT2D eigenvalue weighted by Crippen LogP contribution is 2.26. The van der Waals surface area contributed by atoms with Gasteiger partial charge in [-0.2, -0.15) is 5.10 Å². The number of Topliss-reactive ketones (excluding diaryl/α,β-unsaturated/α-hetero) is 1. The molecule has 7 heteroatoms. The summed E-state index contributed by atoms with van der Waals surface area (Å²) in [5.41, 5.74) is 3.53. The van der Waals surface area contributed by atoms with E-state index < -0.39 is 11.8 Å². The number of benzene rings is 1. The maximum Gasteiger partial charge on any atom is 0.379 e. The van der Waals surface area contributed by atoms with E-state index in [2.05, 4.69) is 14.8 Å². The van der Waals surface area contributed by atoms with E-state index in [9.17, 15) is 9.59 Å². The van der Waals surface area contributed by atoms with Crippen molar-refractivity contribution in [2.75, 3.05) is 7.11 Å². The average Bonchev–Trinajstić information content (AvgIpc) is 3.04. The van der Waals surface area contributed by atoms with Gasteiger partial charge in [-0.15, -0.1) is 0 Å². The maximum atomic E-state index is 12.6. The molecule has 6 nitrogen and oxygen atoms in total. The number of ether oxygens (including phenoxy) is 1. The van der Waals surface area contributed by atoms with Crippen molar-refractivity contribution in [2.45, 2.75) is 27.2 Å². The van der Waals surface area contributed by atoms with Crippen molar-refractivity contribution < 1.29 is 14.3 Å². The van der Waals surface area contributed by atoms with Gasteiger partial charge < -0.3 is 4.74 Å². The van der Waals surface area contributed by atoms with Gasteiger partial charge in [0.25, 0.3) is 5.78 Å². The zero-order valence-corrected chi connectivity index (χ0v) is 16.4. The lowest BCUT2D eigenvalue weighted by Crippen LogP contribution is -2.22. The number of rotatable bonds is 5. The third kappa shape index (κ3) is 3.71. The topological polar surface area (TPSA) is 73.6 Å². The largest absolute Gasteiger partial charge is 0.463 e. The summed E-state index contributed by atoms with van der Waals surface area (Å²) in [5.74, 6) is -1.37. The fraction of sp³-hybridized carbons (Fsp3) is 0.300. The molecule has 0 N–H and O–H groups in total. The highest BCUT2D eigenvalue weighted by molar-refractivity contribution is 6.41. The Kier molecular flexibility index (Phi) is 5.28. The molecule has 0 aliphatic rings. The molecule has 27 heavy (non-hydrogen) atoms. The van der Waals surface area contributed by atoms with Crippen LogP contribution in [0.5, 0.6) is 0 Å². The number of ketones is 1. The summed E-state index contributed by atoms with van der Waals surface area (Å²) >= 11 is 6.09. The van der Waals surface area contributed by atoms with Gasteiger partial charge in [0.15, 0.2) is 5.65 Å². The Morgan fingerprint density at radius 2 is 2.00 bits per heavy atom. The minimum atomic E-state index is -0.911. The molecule has 0 saturated carbocycles. The Balaban J connectivity index is 2.26. The molecule has 0 saturated heterocycles. The fourth-order valence-corrected chi connectivity index (χ4v) is 3.24. The number of nitrogens with zero attached hydrogens (tertiary/aromatic N) is 3. The first-order valence-electron chi connectivity index (χ1n) is 8.59. The van der Waals surface area contributed by atoms with Crippen LogP contribution in [0.3, 0.4) is 0 Å². The number of halogens is 1. The van der Waals surface area contributed by atoms with Crippen LogP contribution in [0.1, 0.15) is 35.6 Å². The number of methoxy groups -OCH3 is 1. The lowest BCUT2D eigenvalue weighted by Gasteiger charge is -2.14. The van der Waals surface area contributed by atoms with Crippen LogP contribution in [-0.2, 0) is 16.0 Å². The van der Waals surface area contributed by atoms with Crippen LogP contribution >= 0.6 is 11.6 Å². The van der Waals surface area contributed by atoms with E-state index >= 15 is 0 Å². The van der Waals surface area contributed by atoms with Gasteiger partial charge in [-0.1, -0.05) is 37.6 Å². The Bertz CT molecular complexity index is 1040. The minimum Gasteiger partial charge on any atom is -0.463 e. The van der Waals surface area contributed by atoms with Crippen LogP contribution in [0.25, 0.3) is 16.9 Å². The number of carbonyl (C=O) groups is 2. The van der Waals surface area contributed by atoms with E-state index in [1.54, 1.807) is 17.5 Å². The van der Waals surface area contributed by atoms with Gasteiger partial charge in [0.2, 0.25) is 0 Å². The molecule has 3 aromatic rings. The molecule has 1 aromatic carbocycles. The molecule has 0 amide bonds. The Labute approximate surface area is 162 Å². The number of hydrogen-bond donors (Lipinski definition) is 0. The second-order valence-electron chi connectivity index (χ2n) is 6.75. The van der Waals surface area contributed by atoms with Crippen molar-refractivity contribution in [2.24, 2.45) is 5.92 Å². The van der Waals surface area contributed by atoms with E-state index in [0.29, 0.717) is 34.2 Å². The predicted molar refractivity (Wildman–Crippen MR) is 103 cm³/mol. The Morgan fingerprint density at radius 3 is 2.63 bits per heavy atom. The van der Waals surface area contributed by atoms with Gasteiger partial charge in [-0.25, -0.2) is 14.3 Å². The number of hydrogen-bond acceptors (Lipinski definition) is 5. The molecule has 0 spiro atoms. The Hall–Kier alpha value is -2.73. The van der Waals surface area contributed by atoms with E-state index in [1.807, 2.05) is 38.1 Å². The first-order chi connectivity index (χ1) is 12.8. The molecule has 0 fully saturated rings. The highest BCUT2D eigenvalue weighted by Gasteiger charge is 2.26. The maximum absolute atomic E-state index is 12.6. The molecule has 0 unspecified atom stereocenters. The molecule has 2 aromatic heterocycles. The summed E-state index contributed by atoms with van der Waals surface area (Å²) in [6, 6.07) is 9.21. The molecule has 0 radical (unpaired) electrons. The number of carbonyl (C=O) groups excluding carboxylic acids is 2. The fourth-order valence-electron chi connectivity index (χ4n) is 3.05. The molecule has 0 aliphatic heterocycles. The molecule has 0 atom stereocenters. The van der Waals surface area contributed by atoms with Gasteiger partial charge in [-0.3, -0.25) is 4.79 Å². The van der Waals surface area contributed by atoms with Crippen molar-refractivity contribution >= 4 is 29.0 Å². The van der Waals surface area contributed by atoms with Crippen molar-refractivity contribution in [3.8, 4) is 11.3 Å². The number of aromatic nitrogens is 3. The first-order valence-corrected chi connectivity index (χ1v) is 8.97. The van der Waals surface area contributed by atoms with Crippen LogP contribution in [0, 0.1) is 12.8 Å². The van der Waals surface area contributed by atoms with Gasteiger partial charge in [-0.05, 0) is 31.4 Å². The smallest absolute Gasteiger partial charge is 0.379 e. The zero-order valence-electron chi connectivity index (χ0n) is 15.6. The summed E-state index contributed by atoms with van der Waals surface area (Å²) in [5, 5.41) is 5.25. The van der Waals surface area contributed by atoms with E-state index in [1.165, 1.54) is 7.11 Å². The van der Waals surface area contributed by atoms with Gasteiger partial charge in [0.1, 0.15) is 0 Å². The summed E-state index contributed by atoms with van der Waals surface area (Å²) in [6.07, 6.45) is 0.564. The van der Waals surface area contributed by atoms with Crippen LogP contribution < -0.4 is 0 Å². The third-order valence-electron chi connectivity index (χ3n) is 4.20. The van der Waals surface area contributed by atoms with Crippen LogP contribution in [0.15, 0.2) is 30.3 Å². The molecule has 3 rings (SSSR count). The van der Waals surface area contributed by atoms with E-state index in [0.717, 1.165) is 5.56 Å². The van der Waals surface area contributed by atoms with Gasteiger partial charge in [0.05, 0.1) is 29.8 Å². The third-order valence-corrected chi connectivity index (χ3v) is 4.43. The van der Waals surface area contributed by atoms with Crippen molar-refractivity contribution in [3.63, 3.8) is 0 Å². The molecule has 140 valence electrons. The van der Waals surface area contributed by atoms with Crippen molar-refractivity contribution in [3.05, 3.63) is 52.3 Å². The van der Waals surface area contributed by atoms with Crippen LogP contribution in [0.2, 0.25) is 5.02 Å². The summed E-state index contributed by atoms with van der Waals surface area (Å²) in [6.45, 7) is 5.79. The molecular weight excluding hydrogens is 366 g/mol. The standard InChI is InChI=1S/C20H20ClN3O3/c1-11(2)8-16-18(19(25)20(26)27-4)12(3)22-17-10-15(23-24(16)17)13-6-5-7-14(21)9-13/h5-7,9-11H,8H2,1-4H3. The number of fused-ring (bicyclic) bond motifs is 1. The second kappa shape index (κ2) is 7.48. The molecule has 0 aliphatic carbocycles. The zero-order chi connectivity index (χ0) is 19.7. The summed E-state index contributed by atoms with van der Waals surface area (Å²) < 4.78 is 6.26. The van der Waals surface area contributed by atoms with Gasteiger partial charge >= 0.3 is 5.97 Å². The number of esters is 1. The highest BCUT2D eigenvalue weighted by atomic mass is 35.5. The van der Waals surface area contributed by atoms with Crippen molar-refractivity contribution in [1.82, 2.24) is 14.6 Å². The quantitative estimate of drug-likeness (QED) is 0.378. The van der Waals surface area contributed by atoms with E-state index in [4.69, 9.17) is 11.6 Å². The number of aryl methyl sites for hydroxylation is 1. The van der Waals surface area contributed by atoms with E-state index in [-0.39, 0.29) is 11.5 Å². The molecule has 0 bridgehead atoms. The summed E-state index contributed by atoms with van der Waals surface area (Å²) in [7, 11) is 1.19. The first kappa shape index (κ1) is 19.0. The molecular formula is C20H20ClN3O3. The lowest BCUT2D eigenvalue weighted by atomic mass is 9.99. The van der Waals surface area contributed by atoms with Crippen molar-refractivity contribution in [1.29, 1.82) is 0 Å². The Morgan fingerprint density at radius 1 is 1.26 bits per heavy atom. The monoisotopic (exact) mass is 385 g/mol. The van der Waals surface area contributed by atoms with Crippen LogP contribution in [-0.4, -0.2) is 33.5 Å². The summed E-state index contributed by atoms with van der Waals surface area (Å²) in [4.78, 5) is 28.9. The lowest BCUT2D eigenvalue weighted by molar-refractivity contribution is -0.135. The average molecular weight is 386 g/mol. The predicted octanol–water partition coefficient (Wildman–Crippen LogP) is 3.91. The van der Waals surface area contributed by atoms with Crippen LogP contribution in [0.4, 0.5) is 0 Å². The second-order valence-corrected chi connectivity index (χ2v) is 7.18. The van der Waals surface area contributed by atoms with Gasteiger partial charge in [0, 0.05) is 16.7 Å². The SMILES string of the molecule is COC(=O)C(=O)c1c(C)nc2cc(-c3cccc(Cl)c3)nn2c1CC(C)C. The minimum absolute atomic E-state index is 0.248. The molecule has 2 heterocycles. The normalized spacial score (nSPS) is 11.2.